The normalized spacial score (nSPS) is 23.4. The topological polar surface area (TPSA) is 26.7 Å². The van der Waals surface area contributed by atoms with Crippen LogP contribution >= 0.6 is 0 Å². The summed E-state index contributed by atoms with van der Waals surface area (Å²) in [6.45, 7) is 35.7. The molecule has 0 saturated carbocycles. The third kappa shape index (κ3) is 8.70. The molecule has 45 heavy (non-hydrogen) atoms. The number of hydrogen-bond donors (Lipinski definition) is 1. The van der Waals surface area contributed by atoms with Gasteiger partial charge in [-0.25, -0.2) is 0 Å². The van der Waals surface area contributed by atoms with Gasteiger partial charge in [0.15, 0.2) is 0 Å². The van der Waals surface area contributed by atoms with Crippen LogP contribution in [0.25, 0.3) is 0 Å². The number of piperidine rings is 2. The van der Waals surface area contributed by atoms with Crippen LogP contribution in [0.2, 0.25) is 0 Å². The van der Waals surface area contributed by atoms with Crippen molar-refractivity contribution in [2.45, 2.75) is 201 Å². The third-order valence-corrected chi connectivity index (χ3v) is 12.7. The van der Waals surface area contributed by atoms with E-state index in [1.54, 1.807) is 0 Å². The van der Waals surface area contributed by atoms with Gasteiger partial charge in [-0.2, -0.15) is 0 Å². The highest BCUT2D eigenvalue weighted by Crippen LogP contribution is 2.53. The van der Waals surface area contributed by atoms with Crippen molar-refractivity contribution in [1.82, 2.24) is 9.80 Å². The van der Waals surface area contributed by atoms with Gasteiger partial charge in [-0.1, -0.05) is 73.4 Å². The predicted octanol–water partition coefficient (Wildman–Crippen LogP) is 11.3. The van der Waals surface area contributed by atoms with Crippen LogP contribution in [0.15, 0.2) is 12.1 Å². The molecule has 0 spiro atoms. The molecule has 3 nitrogen and oxygen atoms in total. The van der Waals surface area contributed by atoms with Gasteiger partial charge in [-0.3, -0.25) is 9.80 Å². The monoisotopic (exact) mass is 625 g/mol. The summed E-state index contributed by atoms with van der Waals surface area (Å²) in [5.41, 5.74) is 4.43. The largest absolute Gasteiger partial charge is 0.507 e. The minimum Gasteiger partial charge on any atom is -0.507 e. The first-order valence-corrected chi connectivity index (χ1v) is 18.5. The fourth-order valence-electron chi connectivity index (χ4n) is 10.1. The van der Waals surface area contributed by atoms with E-state index in [0.29, 0.717) is 17.6 Å². The first kappa shape index (κ1) is 38.4. The van der Waals surface area contributed by atoms with Crippen LogP contribution in [0.5, 0.6) is 5.75 Å². The van der Waals surface area contributed by atoms with Crippen molar-refractivity contribution < 1.29 is 5.11 Å². The molecule has 2 heterocycles. The third-order valence-electron chi connectivity index (χ3n) is 12.7. The summed E-state index contributed by atoms with van der Waals surface area (Å²) >= 11 is 0. The maximum Gasteiger partial charge on any atom is 0.123 e. The smallest absolute Gasteiger partial charge is 0.123 e. The van der Waals surface area contributed by atoms with Crippen LogP contribution in [0.1, 0.15) is 178 Å². The highest BCUT2D eigenvalue weighted by atomic mass is 16.3. The summed E-state index contributed by atoms with van der Waals surface area (Å²) in [6, 6.07) is 4.80. The molecule has 0 unspecified atom stereocenters. The Morgan fingerprint density at radius 1 is 0.667 bits per heavy atom. The van der Waals surface area contributed by atoms with E-state index >= 15 is 0 Å². The fraction of sp³-hybridized carbons (Fsp3) is 0.857. The molecule has 0 radical (unpaired) electrons. The molecule has 0 amide bonds. The molecule has 0 bridgehead atoms. The zero-order valence-electron chi connectivity index (χ0n) is 33.2. The zero-order chi connectivity index (χ0) is 34.6. The SMILES string of the molecule is CCCCC(Cc1cc(C(C)(C)C)c(O)c(C(C)(C)C)c1)(CC1CC(C)(C)N(C)C(C)(C)C1)CC1CC(C)(C)N(C)C(C)(C)C1. The van der Waals surface area contributed by atoms with Gasteiger partial charge in [0.05, 0.1) is 0 Å². The van der Waals surface area contributed by atoms with Gasteiger partial charge in [0.25, 0.3) is 0 Å². The summed E-state index contributed by atoms with van der Waals surface area (Å²) in [7, 11) is 4.70. The number of aromatic hydroxyl groups is 1. The summed E-state index contributed by atoms with van der Waals surface area (Å²) in [4.78, 5) is 5.30. The van der Waals surface area contributed by atoms with Crippen LogP contribution in [-0.2, 0) is 17.3 Å². The second-order valence-corrected chi connectivity index (χ2v) is 20.6. The van der Waals surface area contributed by atoms with Gasteiger partial charge in [0.2, 0.25) is 0 Å². The van der Waals surface area contributed by atoms with Crippen LogP contribution in [-0.4, -0.2) is 51.2 Å². The predicted molar refractivity (Wildman–Crippen MR) is 198 cm³/mol. The van der Waals surface area contributed by atoms with Crippen molar-refractivity contribution in [2.24, 2.45) is 17.3 Å². The Hall–Kier alpha value is -1.06. The van der Waals surface area contributed by atoms with Crippen molar-refractivity contribution in [3.05, 3.63) is 28.8 Å². The molecule has 3 heteroatoms. The Morgan fingerprint density at radius 3 is 1.29 bits per heavy atom. The summed E-state index contributed by atoms with van der Waals surface area (Å²) < 4.78 is 0. The van der Waals surface area contributed by atoms with Crippen molar-refractivity contribution >= 4 is 0 Å². The van der Waals surface area contributed by atoms with Crippen molar-refractivity contribution in [3.63, 3.8) is 0 Å². The van der Waals surface area contributed by atoms with Crippen LogP contribution < -0.4 is 0 Å². The second kappa shape index (κ2) is 12.8. The van der Waals surface area contributed by atoms with Gasteiger partial charge < -0.3 is 5.11 Å². The Morgan fingerprint density at radius 2 is 1.00 bits per heavy atom. The van der Waals surface area contributed by atoms with Crippen LogP contribution in [0.4, 0.5) is 0 Å². The first-order valence-electron chi connectivity index (χ1n) is 18.5. The average molecular weight is 625 g/mol. The maximum absolute atomic E-state index is 11.6. The van der Waals surface area contributed by atoms with Crippen molar-refractivity contribution in [1.29, 1.82) is 0 Å². The number of likely N-dealkylation sites (tertiary alicyclic amines) is 2. The lowest BCUT2D eigenvalue weighted by Gasteiger charge is -2.57. The number of unbranched alkanes of at least 4 members (excludes halogenated alkanes) is 1. The Balaban J connectivity index is 2.20. The maximum atomic E-state index is 11.6. The molecule has 2 saturated heterocycles. The number of rotatable bonds is 9. The number of hydrogen-bond acceptors (Lipinski definition) is 3. The molecule has 2 fully saturated rings. The molecule has 260 valence electrons. The summed E-state index contributed by atoms with van der Waals surface area (Å²) in [5.74, 6) is 1.92. The molecule has 0 atom stereocenters. The van der Waals surface area contributed by atoms with Crippen molar-refractivity contribution in [3.8, 4) is 5.75 Å². The van der Waals surface area contributed by atoms with E-state index in [9.17, 15) is 5.11 Å². The van der Waals surface area contributed by atoms with Gasteiger partial charge in [-0.05, 0) is 166 Å². The molecule has 2 aliphatic heterocycles. The Bertz CT molecular complexity index is 1040. The highest BCUT2D eigenvalue weighted by molar-refractivity contribution is 5.50. The number of benzene rings is 1. The van der Waals surface area contributed by atoms with E-state index in [4.69, 9.17) is 0 Å². The molecule has 0 aliphatic carbocycles. The molecule has 0 aromatic heterocycles. The van der Waals surface area contributed by atoms with Gasteiger partial charge >= 0.3 is 0 Å². The zero-order valence-corrected chi connectivity index (χ0v) is 33.2. The van der Waals surface area contributed by atoms with Gasteiger partial charge in [-0.15, -0.1) is 0 Å². The number of nitrogens with zero attached hydrogens (tertiary/aromatic N) is 2. The highest BCUT2D eigenvalue weighted by Gasteiger charge is 2.49. The van der Waals surface area contributed by atoms with E-state index < -0.39 is 0 Å². The lowest BCUT2D eigenvalue weighted by atomic mass is 9.60. The lowest BCUT2D eigenvalue weighted by Crippen LogP contribution is -2.59. The average Bonchev–Trinajstić information content (AvgIpc) is 2.83. The summed E-state index contributed by atoms with van der Waals surface area (Å²) in [5, 5.41) is 11.6. The molecule has 1 aromatic rings. The molecular weight excluding hydrogens is 548 g/mol. The van der Waals surface area contributed by atoms with Crippen LogP contribution in [0.3, 0.4) is 0 Å². The number of phenols is 1. The standard InChI is InChI=1S/C42H76N2O/c1-18-19-20-42(28-31-23-38(8,9)43(16)39(10,11)24-31,29-32-25-40(12,13)44(17)41(14,15)26-32)27-30-21-33(36(2,3)4)35(45)34(22-30)37(5,6)7/h21-22,31-32,45H,18-20,23-29H2,1-17H3. The molecule has 2 aliphatic rings. The first-order chi connectivity index (χ1) is 20.2. The minimum absolute atomic E-state index is 0.115. The minimum atomic E-state index is -0.115. The fourth-order valence-corrected chi connectivity index (χ4v) is 10.1. The van der Waals surface area contributed by atoms with E-state index in [1.165, 1.54) is 63.4 Å². The van der Waals surface area contributed by atoms with Crippen molar-refractivity contribution in [2.75, 3.05) is 14.1 Å². The van der Waals surface area contributed by atoms with Gasteiger partial charge in [0, 0.05) is 22.2 Å². The Labute approximate surface area is 281 Å². The molecule has 1 aromatic carbocycles. The van der Waals surface area contributed by atoms with Crippen LogP contribution in [0, 0.1) is 17.3 Å². The van der Waals surface area contributed by atoms with E-state index in [2.05, 4.69) is 140 Å². The summed E-state index contributed by atoms with van der Waals surface area (Å²) in [6.07, 6.45) is 12.6. The molecule has 3 rings (SSSR count). The lowest BCUT2D eigenvalue weighted by molar-refractivity contribution is -0.0582. The Kier molecular flexibility index (Phi) is 10.9. The second-order valence-electron chi connectivity index (χ2n) is 20.6. The van der Waals surface area contributed by atoms with E-state index in [1.807, 2.05) is 0 Å². The van der Waals surface area contributed by atoms with Gasteiger partial charge in [0.1, 0.15) is 5.75 Å². The number of phenolic OH excluding ortho intramolecular Hbond substituents is 1. The molecular formula is C42H76N2O. The van der Waals surface area contributed by atoms with E-state index in [-0.39, 0.29) is 38.4 Å². The van der Waals surface area contributed by atoms with E-state index in [0.717, 1.165) is 17.5 Å². The quantitative estimate of drug-likeness (QED) is 0.296. The molecule has 1 N–H and O–H groups in total.